The Morgan fingerprint density at radius 3 is 2.56 bits per heavy atom. The normalized spacial score (nSPS) is 24.7. The van der Waals surface area contributed by atoms with Crippen LogP contribution in [0.25, 0.3) is 0 Å². The molecule has 6 heteroatoms. The van der Waals surface area contributed by atoms with Gasteiger partial charge in [-0.15, -0.1) is 0 Å². The van der Waals surface area contributed by atoms with Crippen LogP contribution in [0.2, 0.25) is 0 Å². The van der Waals surface area contributed by atoms with Gasteiger partial charge in [0.15, 0.2) is 6.10 Å². The Morgan fingerprint density at radius 1 is 1.44 bits per heavy atom. The van der Waals surface area contributed by atoms with Crippen LogP contribution in [0, 0.1) is 5.92 Å². The number of amides is 1. The lowest BCUT2D eigenvalue weighted by atomic mass is 10.2. The Kier molecular flexibility index (Phi) is 4.70. The molecular weight excluding hydrogens is 214 g/mol. The van der Waals surface area contributed by atoms with Crippen LogP contribution >= 0.6 is 0 Å². The summed E-state index contributed by atoms with van der Waals surface area (Å²) in [5.41, 5.74) is 2.26. The van der Waals surface area contributed by atoms with E-state index in [4.69, 9.17) is 14.7 Å². The van der Waals surface area contributed by atoms with Crippen LogP contribution in [0.3, 0.4) is 0 Å². The van der Waals surface area contributed by atoms with E-state index >= 15 is 0 Å². The number of hydrogen-bond donors (Lipinski definition) is 2. The number of carboxylic acids is 1. The minimum atomic E-state index is -1.03. The van der Waals surface area contributed by atoms with Gasteiger partial charge in [0, 0.05) is 0 Å². The molecule has 1 aliphatic rings. The summed E-state index contributed by atoms with van der Waals surface area (Å²) in [6.45, 7) is 4.33. The van der Waals surface area contributed by atoms with Crippen molar-refractivity contribution < 1.29 is 24.3 Å². The van der Waals surface area contributed by atoms with Gasteiger partial charge in [-0.1, -0.05) is 13.8 Å². The first-order valence-electron chi connectivity index (χ1n) is 5.30. The largest absolute Gasteiger partial charge is 0.479 e. The summed E-state index contributed by atoms with van der Waals surface area (Å²) in [7, 11) is 0. The van der Waals surface area contributed by atoms with Crippen LogP contribution in [-0.4, -0.2) is 35.8 Å². The third-order valence-corrected chi connectivity index (χ3v) is 2.18. The molecule has 1 saturated heterocycles. The number of carbonyl (C=O) groups excluding carboxylic acids is 1. The summed E-state index contributed by atoms with van der Waals surface area (Å²) in [4.78, 5) is 27.0. The predicted molar refractivity (Wildman–Crippen MR) is 54.5 cm³/mol. The SMILES string of the molecule is CC(C)CONC(=O)C1CCC(C(=O)O)O1. The molecule has 0 saturated carbocycles. The number of nitrogens with one attached hydrogen (secondary N) is 1. The van der Waals surface area contributed by atoms with Gasteiger partial charge in [0.1, 0.15) is 6.10 Å². The molecule has 2 N–H and O–H groups in total. The average Bonchev–Trinajstić information content (AvgIpc) is 2.65. The summed E-state index contributed by atoms with van der Waals surface area (Å²) in [5, 5.41) is 8.67. The zero-order valence-electron chi connectivity index (χ0n) is 9.43. The lowest BCUT2D eigenvalue weighted by molar-refractivity contribution is -0.155. The van der Waals surface area contributed by atoms with Crippen LogP contribution in [0.4, 0.5) is 0 Å². The van der Waals surface area contributed by atoms with E-state index in [0.29, 0.717) is 25.4 Å². The molecule has 1 amide bonds. The lowest BCUT2D eigenvalue weighted by Crippen LogP contribution is -2.36. The van der Waals surface area contributed by atoms with E-state index < -0.39 is 24.1 Å². The number of hydrogen-bond acceptors (Lipinski definition) is 4. The first kappa shape index (κ1) is 12.9. The number of hydroxylamine groups is 1. The maximum absolute atomic E-state index is 11.4. The molecule has 2 unspecified atom stereocenters. The molecule has 6 nitrogen and oxygen atoms in total. The van der Waals surface area contributed by atoms with Crippen LogP contribution in [0.15, 0.2) is 0 Å². The molecule has 0 radical (unpaired) electrons. The van der Waals surface area contributed by atoms with Crippen molar-refractivity contribution in [2.45, 2.75) is 38.9 Å². The summed E-state index contributed by atoms with van der Waals surface area (Å²) in [6, 6.07) is 0. The molecule has 1 fully saturated rings. The van der Waals surface area contributed by atoms with Gasteiger partial charge in [-0.25, -0.2) is 10.3 Å². The maximum Gasteiger partial charge on any atom is 0.332 e. The third kappa shape index (κ3) is 3.79. The second-order valence-corrected chi connectivity index (χ2v) is 4.20. The van der Waals surface area contributed by atoms with Crippen molar-refractivity contribution in [1.29, 1.82) is 0 Å². The van der Waals surface area contributed by atoms with Crippen LogP contribution in [0.1, 0.15) is 26.7 Å². The highest BCUT2D eigenvalue weighted by Crippen LogP contribution is 2.19. The van der Waals surface area contributed by atoms with Gasteiger partial charge in [-0.05, 0) is 18.8 Å². The second-order valence-electron chi connectivity index (χ2n) is 4.20. The van der Waals surface area contributed by atoms with E-state index in [1.165, 1.54) is 0 Å². The zero-order chi connectivity index (χ0) is 12.1. The smallest absolute Gasteiger partial charge is 0.332 e. The quantitative estimate of drug-likeness (QED) is 0.666. The Balaban J connectivity index is 2.26. The van der Waals surface area contributed by atoms with Crippen molar-refractivity contribution >= 4 is 11.9 Å². The van der Waals surface area contributed by atoms with Gasteiger partial charge in [-0.2, -0.15) is 0 Å². The first-order valence-corrected chi connectivity index (χ1v) is 5.30. The molecule has 1 heterocycles. The molecule has 1 aliphatic heterocycles. The van der Waals surface area contributed by atoms with E-state index in [1.807, 2.05) is 13.8 Å². The van der Waals surface area contributed by atoms with E-state index in [1.54, 1.807) is 0 Å². The summed E-state index contributed by atoms with van der Waals surface area (Å²) >= 11 is 0. The minimum Gasteiger partial charge on any atom is -0.479 e. The number of carbonyl (C=O) groups is 2. The van der Waals surface area contributed by atoms with Crippen molar-refractivity contribution in [3.63, 3.8) is 0 Å². The summed E-state index contributed by atoms with van der Waals surface area (Å²) in [6.07, 6.45) is -0.820. The van der Waals surface area contributed by atoms with E-state index in [0.717, 1.165) is 0 Å². The topological polar surface area (TPSA) is 84.9 Å². The molecule has 0 aromatic rings. The highest BCUT2D eigenvalue weighted by Gasteiger charge is 2.34. The number of ether oxygens (including phenoxy) is 1. The highest BCUT2D eigenvalue weighted by atomic mass is 16.7. The second kappa shape index (κ2) is 5.81. The van der Waals surface area contributed by atoms with Gasteiger partial charge >= 0.3 is 5.97 Å². The Bertz CT molecular complexity index is 266. The monoisotopic (exact) mass is 231 g/mol. The predicted octanol–water partition coefficient (Wildman–Crippen LogP) is 0.322. The van der Waals surface area contributed by atoms with Crippen LogP contribution < -0.4 is 5.48 Å². The molecular formula is C10H17NO5. The van der Waals surface area contributed by atoms with E-state index in [2.05, 4.69) is 5.48 Å². The third-order valence-electron chi connectivity index (χ3n) is 2.18. The van der Waals surface area contributed by atoms with Crippen LogP contribution in [-0.2, 0) is 19.2 Å². The average molecular weight is 231 g/mol. The van der Waals surface area contributed by atoms with Crippen molar-refractivity contribution in [1.82, 2.24) is 5.48 Å². The maximum atomic E-state index is 11.4. The van der Waals surface area contributed by atoms with Gasteiger partial charge in [0.05, 0.1) is 6.61 Å². The number of carboxylic acid groups (broad SMARTS) is 1. The number of rotatable bonds is 5. The van der Waals surface area contributed by atoms with Crippen molar-refractivity contribution in [3.8, 4) is 0 Å². The molecule has 1 rings (SSSR count). The fraction of sp³-hybridized carbons (Fsp3) is 0.800. The van der Waals surface area contributed by atoms with Gasteiger partial charge in [-0.3, -0.25) is 9.63 Å². The summed E-state index contributed by atoms with van der Waals surface area (Å²) < 4.78 is 5.05. The Labute approximate surface area is 93.9 Å². The standard InChI is InChI=1S/C10H17NO5/c1-6(2)5-15-11-9(12)7-3-4-8(16-7)10(13)14/h6-8H,3-5H2,1-2H3,(H,11,12)(H,13,14). The van der Waals surface area contributed by atoms with Gasteiger partial charge < -0.3 is 9.84 Å². The molecule has 0 aromatic heterocycles. The summed E-state index contributed by atoms with van der Waals surface area (Å²) in [5.74, 6) is -1.13. The first-order chi connectivity index (χ1) is 7.50. The zero-order valence-corrected chi connectivity index (χ0v) is 9.43. The molecule has 16 heavy (non-hydrogen) atoms. The van der Waals surface area contributed by atoms with Crippen LogP contribution in [0.5, 0.6) is 0 Å². The fourth-order valence-electron chi connectivity index (χ4n) is 1.36. The minimum absolute atomic E-state index is 0.316. The van der Waals surface area contributed by atoms with Crippen molar-refractivity contribution in [3.05, 3.63) is 0 Å². The van der Waals surface area contributed by atoms with E-state index in [9.17, 15) is 9.59 Å². The molecule has 0 aromatic carbocycles. The Hall–Kier alpha value is -1.14. The number of aliphatic carboxylic acids is 1. The molecule has 0 spiro atoms. The van der Waals surface area contributed by atoms with Crippen molar-refractivity contribution in [2.75, 3.05) is 6.61 Å². The van der Waals surface area contributed by atoms with Crippen molar-refractivity contribution in [2.24, 2.45) is 5.92 Å². The fourth-order valence-corrected chi connectivity index (χ4v) is 1.36. The van der Waals surface area contributed by atoms with Gasteiger partial charge in [0.2, 0.25) is 0 Å². The molecule has 92 valence electrons. The Morgan fingerprint density at radius 2 is 2.06 bits per heavy atom. The lowest BCUT2D eigenvalue weighted by Gasteiger charge is -2.12. The highest BCUT2D eigenvalue weighted by molar-refractivity contribution is 5.81. The molecule has 0 bridgehead atoms. The molecule has 0 aliphatic carbocycles. The van der Waals surface area contributed by atoms with E-state index in [-0.39, 0.29) is 0 Å². The molecule has 2 atom stereocenters. The van der Waals surface area contributed by atoms with Gasteiger partial charge in [0.25, 0.3) is 5.91 Å².